The van der Waals surface area contributed by atoms with Crippen LogP contribution in [0.1, 0.15) is 12.8 Å². The van der Waals surface area contributed by atoms with E-state index in [0.717, 1.165) is 18.7 Å². The van der Waals surface area contributed by atoms with Crippen molar-refractivity contribution in [3.63, 3.8) is 0 Å². The Bertz CT molecular complexity index is 345. The first kappa shape index (κ1) is 10.9. The van der Waals surface area contributed by atoms with Crippen LogP contribution in [-0.2, 0) is 0 Å². The molecule has 0 aromatic rings. The minimum absolute atomic E-state index is 0.127. The van der Waals surface area contributed by atoms with Gasteiger partial charge in [0, 0.05) is 27.1 Å². The minimum Gasteiger partial charge on any atom is -0.369 e. The lowest BCUT2D eigenvalue weighted by molar-refractivity contribution is 0.218. The highest BCUT2D eigenvalue weighted by Crippen LogP contribution is 2.32. The lowest BCUT2D eigenvalue weighted by Gasteiger charge is -2.27. The van der Waals surface area contributed by atoms with Gasteiger partial charge in [-0.1, -0.05) is 0 Å². The minimum atomic E-state index is -0.471. The number of amidine groups is 1. The van der Waals surface area contributed by atoms with Crippen molar-refractivity contribution in [3.05, 3.63) is 0 Å². The van der Waals surface area contributed by atoms with Crippen LogP contribution < -0.4 is 5.32 Å². The molecule has 1 atom stereocenters. The number of nitrogens with one attached hydrogen (secondary N) is 1. The van der Waals surface area contributed by atoms with E-state index in [-0.39, 0.29) is 6.03 Å². The van der Waals surface area contributed by atoms with Crippen LogP contribution in [0.4, 0.5) is 4.79 Å². The van der Waals surface area contributed by atoms with Crippen LogP contribution in [0.5, 0.6) is 0 Å². The highest BCUT2D eigenvalue weighted by atomic mass is 16.2. The zero-order chi connectivity index (χ0) is 11.7. The Morgan fingerprint density at radius 3 is 2.81 bits per heavy atom. The quantitative estimate of drug-likeness (QED) is 0.553. The number of carbonyl (C=O) groups is 1. The average Bonchev–Trinajstić information content (AvgIpc) is 3.03. The summed E-state index contributed by atoms with van der Waals surface area (Å²) in [7, 11) is 5.51. The number of rotatable bonds is 3. The summed E-state index contributed by atoms with van der Waals surface area (Å²) in [5.74, 6) is 1.32. The van der Waals surface area contributed by atoms with Crippen LogP contribution in [0.15, 0.2) is 9.98 Å². The van der Waals surface area contributed by atoms with Gasteiger partial charge >= 0.3 is 6.03 Å². The second-order valence-corrected chi connectivity index (χ2v) is 4.37. The molecule has 2 rings (SSSR count). The summed E-state index contributed by atoms with van der Waals surface area (Å²) in [5.41, 5.74) is 0. The molecule has 0 aromatic carbocycles. The van der Waals surface area contributed by atoms with E-state index in [1.807, 2.05) is 19.0 Å². The SMILES string of the molecule is CN(C)C=N[C@@H]1N=C(C2CC2)N(C)C(=O)N1. The fourth-order valence-electron chi connectivity index (χ4n) is 1.54. The summed E-state index contributed by atoms with van der Waals surface area (Å²) in [5, 5.41) is 2.71. The molecular formula is C10H17N5O. The van der Waals surface area contributed by atoms with Crippen LogP contribution in [0.2, 0.25) is 0 Å². The van der Waals surface area contributed by atoms with Crippen molar-refractivity contribution in [2.45, 2.75) is 19.1 Å². The number of urea groups is 1. The normalized spacial score (nSPS) is 25.7. The molecule has 1 aliphatic heterocycles. The van der Waals surface area contributed by atoms with Gasteiger partial charge in [-0.2, -0.15) is 0 Å². The van der Waals surface area contributed by atoms with E-state index in [4.69, 9.17) is 0 Å². The van der Waals surface area contributed by atoms with Crippen molar-refractivity contribution in [2.75, 3.05) is 21.1 Å². The molecule has 16 heavy (non-hydrogen) atoms. The molecule has 1 aliphatic carbocycles. The van der Waals surface area contributed by atoms with Gasteiger partial charge in [0.25, 0.3) is 0 Å². The van der Waals surface area contributed by atoms with Crippen molar-refractivity contribution < 1.29 is 4.79 Å². The maximum Gasteiger partial charge on any atom is 0.325 e. The number of hydrogen-bond acceptors (Lipinski definition) is 3. The summed E-state index contributed by atoms with van der Waals surface area (Å²) in [6.07, 6.45) is 3.44. The lowest BCUT2D eigenvalue weighted by Crippen LogP contribution is -2.50. The van der Waals surface area contributed by atoms with Crippen LogP contribution in [-0.4, -0.2) is 55.4 Å². The van der Waals surface area contributed by atoms with Crippen LogP contribution >= 0.6 is 0 Å². The number of carbonyl (C=O) groups excluding carboxylic acids is 1. The third-order valence-electron chi connectivity index (χ3n) is 2.54. The van der Waals surface area contributed by atoms with Gasteiger partial charge < -0.3 is 4.90 Å². The number of hydrogen-bond donors (Lipinski definition) is 1. The van der Waals surface area contributed by atoms with Crippen LogP contribution in [0.25, 0.3) is 0 Å². The Morgan fingerprint density at radius 1 is 1.56 bits per heavy atom. The molecular weight excluding hydrogens is 206 g/mol. The molecule has 88 valence electrons. The third-order valence-corrected chi connectivity index (χ3v) is 2.54. The van der Waals surface area contributed by atoms with Crippen molar-refractivity contribution in [1.82, 2.24) is 15.1 Å². The maximum atomic E-state index is 11.6. The Hall–Kier alpha value is -1.59. The van der Waals surface area contributed by atoms with E-state index >= 15 is 0 Å². The third kappa shape index (κ3) is 2.32. The summed E-state index contributed by atoms with van der Waals surface area (Å²) in [6, 6.07) is -0.127. The first-order chi connectivity index (χ1) is 7.58. The Morgan fingerprint density at radius 2 is 2.25 bits per heavy atom. The summed E-state index contributed by atoms with van der Waals surface area (Å²) >= 11 is 0. The van der Waals surface area contributed by atoms with Crippen molar-refractivity contribution in [2.24, 2.45) is 15.9 Å². The molecule has 1 heterocycles. The molecule has 0 bridgehead atoms. The average molecular weight is 223 g/mol. The molecule has 2 amide bonds. The van der Waals surface area contributed by atoms with E-state index in [1.165, 1.54) is 0 Å². The fraction of sp³-hybridized carbons (Fsp3) is 0.700. The van der Waals surface area contributed by atoms with Crippen molar-refractivity contribution in [3.8, 4) is 0 Å². The molecule has 0 aromatic heterocycles. The predicted octanol–water partition coefficient (Wildman–Crippen LogP) is 0.323. The second-order valence-electron chi connectivity index (χ2n) is 4.37. The van der Waals surface area contributed by atoms with Crippen molar-refractivity contribution in [1.29, 1.82) is 0 Å². The molecule has 1 saturated carbocycles. The topological polar surface area (TPSA) is 60.3 Å². The standard InChI is InChI=1S/C10H17N5O/c1-14(2)6-11-9-12-8(7-4-5-7)15(3)10(16)13-9/h6-7,9H,4-5H2,1-3H3,(H,13,16)/t9-/m1/s1. The van der Waals surface area contributed by atoms with Gasteiger partial charge in [0.05, 0.1) is 6.34 Å². The van der Waals surface area contributed by atoms with Gasteiger partial charge in [-0.15, -0.1) is 0 Å². The van der Waals surface area contributed by atoms with E-state index in [1.54, 1.807) is 18.3 Å². The Balaban J connectivity index is 2.12. The van der Waals surface area contributed by atoms with E-state index in [0.29, 0.717) is 5.92 Å². The van der Waals surface area contributed by atoms with Crippen LogP contribution in [0.3, 0.4) is 0 Å². The monoisotopic (exact) mass is 223 g/mol. The molecule has 1 fully saturated rings. The Labute approximate surface area is 95.0 Å². The van der Waals surface area contributed by atoms with Gasteiger partial charge in [-0.05, 0) is 12.8 Å². The summed E-state index contributed by atoms with van der Waals surface area (Å²) < 4.78 is 0. The molecule has 0 unspecified atom stereocenters. The first-order valence-electron chi connectivity index (χ1n) is 5.39. The zero-order valence-corrected chi connectivity index (χ0v) is 9.84. The Kier molecular flexibility index (Phi) is 2.80. The smallest absolute Gasteiger partial charge is 0.325 e. The molecule has 6 heteroatoms. The maximum absolute atomic E-state index is 11.6. The van der Waals surface area contributed by atoms with Gasteiger partial charge in [-0.25, -0.2) is 14.8 Å². The van der Waals surface area contributed by atoms with E-state index in [9.17, 15) is 4.79 Å². The highest BCUT2D eigenvalue weighted by molar-refractivity contribution is 6.01. The number of nitrogens with zero attached hydrogens (tertiary/aromatic N) is 4. The number of amides is 2. The fourth-order valence-corrected chi connectivity index (χ4v) is 1.54. The molecule has 1 N–H and O–H groups in total. The second kappa shape index (κ2) is 4.11. The molecule has 0 spiro atoms. The van der Waals surface area contributed by atoms with Gasteiger partial charge in [-0.3, -0.25) is 10.2 Å². The largest absolute Gasteiger partial charge is 0.369 e. The highest BCUT2D eigenvalue weighted by Gasteiger charge is 2.35. The van der Waals surface area contributed by atoms with Gasteiger partial charge in [0.2, 0.25) is 6.29 Å². The molecule has 0 saturated heterocycles. The van der Waals surface area contributed by atoms with Gasteiger partial charge in [0.1, 0.15) is 5.84 Å². The van der Waals surface area contributed by atoms with Crippen molar-refractivity contribution >= 4 is 18.2 Å². The first-order valence-corrected chi connectivity index (χ1v) is 5.39. The summed E-state index contributed by atoms with van der Waals surface area (Å²) in [6.45, 7) is 0. The number of aliphatic imine (C=N–C) groups is 2. The van der Waals surface area contributed by atoms with Gasteiger partial charge in [0.15, 0.2) is 0 Å². The predicted molar refractivity (Wildman–Crippen MR) is 62.4 cm³/mol. The molecule has 2 aliphatic rings. The van der Waals surface area contributed by atoms with E-state index < -0.39 is 6.29 Å². The lowest BCUT2D eigenvalue weighted by atomic mass is 10.3. The molecule has 6 nitrogen and oxygen atoms in total. The van der Waals surface area contributed by atoms with Crippen LogP contribution in [0, 0.1) is 5.92 Å². The molecule has 0 radical (unpaired) electrons. The van der Waals surface area contributed by atoms with E-state index in [2.05, 4.69) is 15.3 Å². The summed E-state index contributed by atoms with van der Waals surface area (Å²) in [4.78, 5) is 23.7. The zero-order valence-electron chi connectivity index (χ0n) is 9.84.